The molecule has 14 nitrogen and oxygen atoms in total. The molecular weight excluding hydrogens is 490 g/mol. The average molecular weight is 522 g/mol. The first kappa shape index (κ1) is 29.2. The van der Waals surface area contributed by atoms with Crippen molar-refractivity contribution in [1.82, 2.24) is 20.9 Å². The molecule has 14 heteroatoms. The van der Waals surface area contributed by atoms with E-state index in [4.69, 9.17) is 15.9 Å². The number of aliphatic hydroxyl groups is 2. The van der Waals surface area contributed by atoms with Crippen molar-refractivity contribution in [3.05, 3.63) is 36.0 Å². The van der Waals surface area contributed by atoms with Crippen molar-refractivity contribution in [1.29, 1.82) is 0 Å². The number of carboxylic acid groups (broad SMARTS) is 2. The first-order valence-corrected chi connectivity index (χ1v) is 11.4. The molecule has 5 unspecified atom stereocenters. The van der Waals surface area contributed by atoms with E-state index in [-0.39, 0.29) is 19.3 Å². The van der Waals surface area contributed by atoms with Crippen LogP contribution in [0, 0.1) is 0 Å². The summed E-state index contributed by atoms with van der Waals surface area (Å²) in [5.41, 5.74) is 7.18. The fourth-order valence-corrected chi connectivity index (χ4v) is 3.53. The quantitative estimate of drug-likeness (QED) is 0.130. The summed E-state index contributed by atoms with van der Waals surface area (Å²) in [7, 11) is 0. The maximum Gasteiger partial charge on any atom is 0.328 e. The molecule has 0 spiro atoms. The second-order valence-corrected chi connectivity index (χ2v) is 8.47. The van der Waals surface area contributed by atoms with Crippen molar-refractivity contribution < 1.29 is 44.4 Å². The summed E-state index contributed by atoms with van der Waals surface area (Å²) in [6.07, 6.45) is -0.428. The molecule has 2 aromatic rings. The van der Waals surface area contributed by atoms with Gasteiger partial charge >= 0.3 is 11.9 Å². The second-order valence-electron chi connectivity index (χ2n) is 8.47. The summed E-state index contributed by atoms with van der Waals surface area (Å²) < 4.78 is 0. The lowest BCUT2D eigenvalue weighted by molar-refractivity contribution is -0.145. The largest absolute Gasteiger partial charge is 0.481 e. The Hall–Kier alpha value is -4.01. The number of hydrogen-bond donors (Lipinski definition) is 9. The molecule has 0 aliphatic heterocycles. The summed E-state index contributed by atoms with van der Waals surface area (Å²) >= 11 is 0. The number of amides is 3. The number of carbonyl (C=O) groups excluding carboxylic acids is 3. The zero-order valence-corrected chi connectivity index (χ0v) is 20.0. The molecule has 0 radical (unpaired) electrons. The average Bonchev–Trinajstić information content (AvgIpc) is 3.25. The van der Waals surface area contributed by atoms with Crippen molar-refractivity contribution in [3.8, 4) is 0 Å². The summed E-state index contributed by atoms with van der Waals surface area (Å²) in [5.74, 6) is -5.43. The number of fused-ring (bicyclic) bond motifs is 1. The minimum Gasteiger partial charge on any atom is -0.481 e. The number of H-pyrrole nitrogens is 1. The van der Waals surface area contributed by atoms with Crippen LogP contribution in [0.2, 0.25) is 0 Å². The molecule has 0 fully saturated rings. The van der Waals surface area contributed by atoms with Gasteiger partial charge in [-0.25, -0.2) is 4.79 Å². The molecule has 0 aliphatic carbocycles. The van der Waals surface area contributed by atoms with Gasteiger partial charge in [-0.15, -0.1) is 0 Å². The van der Waals surface area contributed by atoms with E-state index in [2.05, 4.69) is 15.6 Å². The number of aromatic amines is 1. The third-order valence-corrected chi connectivity index (χ3v) is 5.60. The number of benzene rings is 1. The predicted octanol–water partition coefficient (Wildman–Crippen LogP) is -2.19. The van der Waals surface area contributed by atoms with Crippen LogP contribution in [0.5, 0.6) is 0 Å². The van der Waals surface area contributed by atoms with Gasteiger partial charge in [-0.1, -0.05) is 18.2 Å². The van der Waals surface area contributed by atoms with Crippen molar-refractivity contribution in [2.45, 2.75) is 56.5 Å². The molecule has 0 aliphatic rings. The molecule has 0 saturated carbocycles. The van der Waals surface area contributed by atoms with E-state index in [0.29, 0.717) is 5.56 Å². The van der Waals surface area contributed by atoms with Crippen LogP contribution in [-0.4, -0.2) is 91.9 Å². The molecule has 1 aromatic heterocycles. The number of hydrogen-bond acceptors (Lipinski definition) is 8. The van der Waals surface area contributed by atoms with Crippen LogP contribution in [0.3, 0.4) is 0 Å². The van der Waals surface area contributed by atoms with Crippen LogP contribution < -0.4 is 21.7 Å². The van der Waals surface area contributed by atoms with Gasteiger partial charge in [-0.3, -0.25) is 19.2 Å². The highest BCUT2D eigenvalue weighted by atomic mass is 16.4. The molecule has 1 aromatic carbocycles. The van der Waals surface area contributed by atoms with Gasteiger partial charge in [-0.05, 0) is 25.0 Å². The molecule has 3 amide bonds. The fraction of sp³-hybridized carbons (Fsp3) is 0.435. The molecule has 1 heterocycles. The van der Waals surface area contributed by atoms with Gasteiger partial charge in [0.15, 0.2) is 6.04 Å². The van der Waals surface area contributed by atoms with Crippen molar-refractivity contribution in [2.24, 2.45) is 5.73 Å². The van der Waals surface area contributed by atoms with E-state index in [9.17, 15) is 34.2 Å². The Morgan fingerprint density at radius 3 is 2.19 bits per heavy atom. The number of rotatable bonds is 14. The molecule has 5 atom stereocenters. The zero-order valence-electron chi connectivity index (χ0n) is 20.0. The second kappa shape index (κ2) is 13.3. The van der Waals surface area contributed by atoms with E-state index in [1.165, 1.54) is 0 Å². The number of aliphatic hydroxyl groups excluding tert-OH is 2. The first-order chi connectivity index (χ1) is 17.4. The van der Waals surface area contributed by atoms with E-state index in [1.54, 1.807) is 24.4 Å². The Bertz CT molecular complexity index is 1130. The lowest BCUT2D eigenvalue weighted by atomic mass is 10.0. The van der Waals surface area contributed by atoms with Crippen molar-refractivity contribution in [2.75, 3.05) is 6.61 Å². The Balaban J connectivity index is 2.23. The van der Waals surface area contributed by atoms with Crippen LogP contribution in [0.25, 0.3) is 10.9 Å². The van der Waals surface area contributed by atoms with Gasteiger partial charge in [0.05, 0.1) is 18.8 Å². The van der Waals surface area contributed by atoms with Crippen LogP contribution in [0.15, 0.2) is 30.5 Å². The number of para-hydroxylation sites is 1. The number of nitrogens with two attached hydrogens (primary N) is 1. The Morgan fingerprint density at radius 2 is 1.59 bits per heavy atom. The third-order valence-electron chi connectivity index (χ3n) is 5.60. The minimum atomic E-state index is -1.69. The molecule has 202 valence electrons. The zero-order chi connectivity index (χ0) is 27.7. The van der Waals surface area contributed by atoms with Crippen LogP contribution in [0.4, 0.5) is 0 Å². The highest BCUT2D eigenvalue weighted by Gasteiger charge is 2.32. The van der Waals surface area contributed by atoms with E-state index in [0.717, 1.165) is 17.8 Å². The number of nitrogens with one attached hydrogen (secondary N) is 4. The topological polar surface area (TPSA) is 244 Å². The van der Waals surface area contributed by atoms with Crippen molar-refractivity contribution in [3.63, 3.8) is 0 Å². The van der Waals surface area contributed by atoms with E-state index < -0.39 is 66.5 Å². The summed E-state index contributed by atoms with van der Waals surface area (Å²) in [6.45, 7) is 0.238. The summed E-state index contributed by atoms with van der Waals surface area (Å²) in [6, 6.07) is 1.37. The highest BCUT2D eigenvalue weighted by molar-refractivity contribution is 5.95. The standard InChI is InChI=1S/C23H31N5O9/c1-11(30)19(23(36)37)28-22(35)17(10-29)27-21(34)16(26-20(33)14(24)6-7-18(31)32)8-12-9-25-15-5-3-2-4-13(12)15/h2-5,9,11,14,16-17,19,25,29-30H,6-8,10,24H2,1H3,(H,26,33)(H,27,34)(H,28,35)(H,31,32)(H,36,37). The van der Waals surface area contributed by atoms with Crippen LogP contribution in [-0.2, 0) is 30.4 Å². The lowest BCUT2D eigenvalue weighted by Crippen LogP contribution is -2.59. The van der Waals surface area contributed by atoms with Crippen LogP contribution in [0.1, 0.15) is 25.3 Å². The molecule has 0 bridgehead atoms. The van der Waals surface area contributed by atoms with Gasteiger partial charge in [0.25, 0.3) is 0 Å². The molecule has 2 rings (SSSR count). The SMILES string of the molecule is CC(O)C(NC(=O)C(CO)NC(=O)C(Cc1c[nH]c2ccccc12)NC(=O)C(N)CCC(=O)O)C(=O)O. The van der Waals surface area contributed by atoms with Crippen molar-refractivity contribution >= 4 is 40.6 Å². The number of aromatic nitrogens is 1. The Labute approximate surface area is 211 Å². The van der Waals surface area contributed by atoms with E-state index in [1.807, 2.05) is 11.4 Å². The van der Waals surface area contributed by atoms with E-state index >= 15 is 0 Å². The normalized spacial score (nSPS) is 15.1. The van der Waals surface area contributed by atoms with Crippen LogP contribution >= 0.6 is 0 Å². The summed E-state index contributed by atoms with van der Waals surface area (Å²) in [5, 5.41) is 44.7. The third kappa shape index (κ3) is 8.27. The fourth-order valence-electron chi connectivity index (χ4n) is 3.53. The monoisotopic (exact) mass is 521 g/mol. The minimum absolute atomic E-state index is 0.0571. The number of carbonyl (C=O) groups is 5. The van der Waals surface area contributed by atoms with Gasteiger partial charge in [0, 0.05) is 29.9 Å². The Kier molecular flexibility index (Phi) is 10.5. The molecular formula is C23H31N5O9. The summed E-state index contributed by atoms with van der Waals surface area (Å²) in [4.78, 5) is 63.3. The molecule has 37 heavy (non-hydrogen) atoms. The predicted molar refractivity (Wildman–Crippen MR) is 129 cm³/mol. The van der Waals surface area contributed by atoms with Gasteiger partial charge in [-0.2, -0.15) is 0 Å². The number of aliphatic carboxylic acids is 2. The van der Waals surface area contributed by atoms with Gasteiger partial charge in [0.2, 0.25) is 17.7 Å². The number of carboxylic acids is 2. The lowest BCUT2D eigenvalue weighted by Gasteiger charge is -2.25. The Morgan fingerprint density at radius 1 is 0.973 bits per heavy atom. The van der Waals surface area contributed by atoms with Gasteiger partial charge < -0.3 is 47.1 Å². The maximum absolute atomic E-state index is 13.1. The van der Waals surface area contributed by atoms with Gasteiger partial charge in [0.1, 0.15) is 12.1 Å². The highest BCUT2D eigenvalue weighted by Crippen LogP contribution is 2.19. The molecule has 0 saturated heterocycles. The first-order valence-electron chi connectivity index (χ1n) is 11.4. The molecule has 10 N–H and O–H groups in total. The maximum atomic E-state index is 13.1. The smallest absolute Gasteiger partial charge is 0.328 e.